The second-order valence-electron chi connectivity index (χ2n) is 10.1. The minimum absolute atomic E-state index is 0.406. The van der Waals surface area contributed by atoms with Crippen LogP contribution in [0.2, 0.25) is 0 Å². The normalized spacial score (nSPS) is 19.7. The highest BCUT2D eigenvalue weighted by Gasteiger charge is 2.31. The topological polar surface area (TPSA) is 402 Å². The Morgan fingerprint density at radius 1 is 0.382 bits per heavy atom. The van der Waals surface area contributed by atoms with Crippen LogP contribution in [-0.2, 0) is 77.2 Å². The van der Waals surface area contributed by atoms with Crippen LogP contribution in [0.1, 0.15) is 0 Å². The second kappa shape index (κ2) is 27.9. The van der Waals surface area contributed by atoms with Crippen LogP contribution in [0.5, 0.6) is 0 Å². The molecule has 0 rings (SSSR count). The second-order valence-corrected chi connectivity index (χ2v) is 18.6. The van der Waals surface area contributed by atoms with Gasteiger partial charge in [0.1, 0.15) is 0 Å². The largest absolute Gasteiger partial charge is 0.472 e. The predicted octanol–water partition coefficient (Wildman–Crippen LogP) is 0.0269. The van der Waals surface area contributed by atoms with Crippen LogP contribution in [-0.4, -0.2) is 138 Å². The van der Waals surface area contributed by atoms with Crippen LogP contribution in [0.15, 0.2) is 0 Å². The van der Waals surface area contributed by atoms with Gasteiger partial charge in [-0.1, -0.05) is 0 Å². The highest BCUT2D eigenvalue weighted by atomic mass is 31.2. The highest BCUT2D eigenvalue weighted by molar-refractivity contribution is 7.48. The number of aliphatic hydroxyl groups excluding tert-OH is 1. The first-order chi connectivity index (χ1) is 25.4. The summed E-state index contributed by atoms with van der Waals surface area (Å²) >= 11 is 0. The summed E-state index contributed by atoms with van der Waals surface area (Å²) in [5, 5.41) is 9.00. The summed E-state index contributed by atoms with van der Waals surface area (Å²) in [6, 6.07) is 0. The van der Waals surface area contributed by atoms with Gasteiger partial charge in [-0.25, -0.2) is 27.4 Å². The minimum atomic E-state index is -5.01. The molecule has 0 spiro atoms. The predicted molar refractivity (Wildman–Crippen MR) is 172 cm³/mol. The van der Waals surface area contributed by atoms with Crippen molar-refractivity contribution in [3.8, 4) is 0 Å². The Balaban J connectivity index is 4.64. The van der Waals surface area contributed by atoms with Crippen LogP contribution >= 0.6 is 46.9 Å². The lowest BCUT2D eigenvalue weighted by Crippen LogP contribution is -2.25. The molecule has 0 aliphatic carbocycles. The Hall–Kier alpha value is 0.290. The molecule has 332 valence electrons. The van der Waals surface area contributed by atoms with E-state index < -0.39 is 164 Å². The molecule has 11 N–H and O–H groups in total. The van der Waals surface area contributed by atoms with Gasteiger partial charge in [-0.3, -0.25) is 49.8 Å². The first kappa shape index (κ1) is 55.3. The number of hydrogen-bond acceptors (Lipinski definition) is 21. The number of aliphatic hydroxyl groups is 1. The number of phosphoric acid groups is 6. The van der Waals surface area contributed by atoms with Crippen molar-refractivity contribution in [2.75, 3.05) is 98.9 Å². The fourth-order valence-corrected chi connectivity index (χ4v) is 7.15. The van der Waals surface area contributed by atoms with E-state index in [1.807, 2.05) is 0 Å². The minimum Gasteiger partial charge on any atom is -0.396 e. The van der Waals surface area contributed by atoms with Gasteiger partial charge in [0.25, 0.3) is 0 Å². The third-order valence-corrected chi connectivity index (χ3v) is 10.9. The third kappa shape index (κ3) is 31.8. The summed E-state index contributed by atoms with van der Waals surface area (Å²) in [7, 11) is -29.4. The van der Waals surface area contributed by atoms with Crippen molar-refractivity contribution in [1.29, 1.82) is 0 Å². The molecule has 55 heavy (non-hydrogen) atoms. The zero-order valence-corrected chi connectivity index (χ0v) is 33.5. The van der Waals surface area contributed by atoms with E-state index in [9.17, 15) is 65.3 Å². The fourth-order valence-electron chi connectivity index (χ4n) is 2.94. The summed E-state index contributed by atoms with van der Waals surface area (Å²) in [5.41, 5.74) is 3.55. The van der Waals surface area contributed by atoms with Gasteiger partial charge in [0.2, 0.25) is 0 Å². The lowest BCUT2D eigenvalue weighted by molar-refractivity contribution is 0.0630. The third-order valence-electron chi connectivity index (χ3n) is 5.50. The average Bonchev–Trinajstić information content (AvgIpc) is 3.08. The van der Waals surface area contributed by atoms with E-state index in [0.717, 1.165) is 11.1 Å². The summed E-state index contributed by atoms with van der Waals surface area (Å²) in [5.74, 6) is -3.43. The number of rotatable bonds is 37. The van der Waals surface area contributed by atoms with Gasteiger partial charge in [0.05, 0.1) is 72.7 Å². The van der Waals surface area contributed by atoms with Gasteiger partial charge < -0.3 is 39.4 Å². The number of hydrogen-bond donors (Lipinski definition) is 11. The van der Waals surface area contributed by atoms with Crippen LogP contribution in [0, 0.1) is 17.8 Å². The summed E-state index contributed by atoms with van der Waals surface area (Å²) in [6.07, 6.45) is 0. The van der Waals surface area contributed by atoms with Crippen LogP contribution in [0.4, 0.5) is 13.4 Å². The van der Waals surface area contributed by atoms with Crippen LogP contribution < -0.4 is 16.6 Å². The summed E-state index contributed by atoms with van der Waals surface area (Å²) in [6.45, 7) is -11.4. The van der Waals surface area contributed by atoms with E-state index in [-0.39, 0.29) is 0 Å². The highest BCUT2D eigenvalue weighted by Crippen LogP contribution is 2.48. The molecule has 0 saturated heterocycles. The Kier molecular flexibility index (Phi) is 28.1. The molecular weight excluding hydrogens is 901 g/mol. The van der Waals surface area contributed by atoms with Crippen molar-refractivity contribution in [2.45, 2.75) is 0 Å². The number of halogens is 3. The molecule has 28 nitrogen and oxygen atoms in total. The molecule has 0 aliphatic heterocycles. The molecule has 0 fully saturated rings. The molecule has 0 heterocycles. The van der Waals surface area contributed by atoms with Crippen molar-refractivity contribution >= 4 is 46.9 Å². The number of phosphoric ester groups is 6. The Morgan fingerprint density at radius 2 is 0.600 bits per heavy atom. The van der Waals surface area contributed by atoms with E-state index in [1.54, 1.807) is 0 Å². The molecule has 0 bridgehead atoms. The van der Waals surface area contributed by atoms with Gasteiger partial charge in [-0.15, -0.1) is 13.4 Å². The standard InChI is InChI=1S/C18H44F3N3O25P6/c19-22-7-16(10-25)11-45-51(29,30)41-3-4-42-53(33,34)48-14-18(9-24-21)15-49-55(37,38)44-6-5-43-54(35,36)47-13-17(8-23-20)12-46-52(31,32)40-2-1-39-50(26,27)28/h16-18,22-25H,1-15H2,(H,29,30)(H,31,32)(H,33,34)(H,35,36)(H,37,38)(H2,26,27,28). The average molecular weight is 945 g/mol. The van der Waals surface area contributed by atoms with Gasteiger partial charge in [-0.05, 0) is 0 Å². The van der Waals surface area contributed by atoms with Crippen molar-refractivity contribution < 1.29 is 130 Å². The first-order valence-corrected chi connectivity index (χ1v) is 23.8. The Labute approximate surface area is 310 Å². The molecule has 0 amide bonds. The molecule has 0 aromatic rings. The van der Waals surface area contributed by atoms with E-state index in [1.165, 1.54) is 5.54 Å². The first-order valence-electron chi connectivity index (χ1n) is 14.8. The quantitative estimate of drug-likeness (QED) is 0.0222. The zero-order chi connectivity index (χ0) is 42.2. The van der Waals surface area contributed by atoms with E-state index in [0.29, 0.717) is 0 Å². The van der Waals surface area contributed by atoms with E-state index >= 15 is 0 Å². The van der Waals surface area contributed by atoms with Gasteiger partial charge in [0.15, 0.2) is 0 Å². The molecule has 0 saturated carbocycles. The van der Waals surface area contributed by atoms with Gasteiger partial charge in [0, 0.05) is 44.0 Å². The van der Waals surface area contributed by atoms with Crippen molar-refractivity contribution in [3.05, 3.63) is 0 Å². The zero-order valence-electron chi connectivity index (χ0n) is 28.2. The van der Waals surface area contributed by atoms with Crippen molar-refractivity contribution in [1.82, 2.24) is 16.6 Å². The number of nitrogens with one attached hydrogen (secondary N) is 3. The Morgan fingerprint density at radius 3 is 0.818 bits per heavy atom. The molecule has 0 radical (unpaired) electrons. The SMILES string of the molecule is O=P(O)(O)OCCOP(=O)(O)OCC(CNF)COP(=O)(O)OCCOP(=O)(O)OCC(CNF)COP(=O)(O)OCCOP(=O)(O)OCC(CO)CNF. The molecule has 8 atom stereocenters. The summed E-state index contributed by atoms with van der Waals surface area (Å²) < 4.78 is 157. The Bertz CT molecular complexity index is 1360. The molecular formula is C18H44F3N3O25P6. The maximum Gasteiger partial charge on any atom is 0.472 e. The molecule has 8 unspecified atom stereocenters. The molecule has 0 aromatic carbocycles. The van der Waals surface area contributed by atoms with Crippen molar-refractivity contribution in [2.24, 2.45) is 17.8 Å². The maximum atomic E-state index is 12.8. The van der Waals surface area contributed by atoms with Gasteiger partial charge >= 0.3 is 46.9 Å². The molecule has 0 aliphatic rings. The van der Waals surface area contributed by atoms with Crippen molar-refractivity contribution in [3.63, 3.8) is 0 Å². The lowest BCUT2D eigenvalue weighted by Gasteiger charge is -2.20. The van der Waals surface area contributed by atoms with Gasteiger partial charge in [-0.2, -0.15) is 16.6 Å². The van der Waals surface area contributed by atoms with Crippen LogP contribution in [0.3, 0.4) is 0 Å². The lowest BCUT2D eigenvalue weighted by atomic mass is 10.2. The summed E-state index contributed by atoms with van der Waals surface area (Å²) in [4.78, 5) is 65.6. The van der Waals surface area contributed by atoms with Crippen LogP contribution in [0.25, 0.3) is 0 Å². The molecule has 0 aromatic heterocycles. The maximum absolute atomic E-state index is 12.8. The smallest absolute Gasteiger partial charge is 0.396 e. The monoisotopic (exact) mass is 945 g/mol. The molecule has 37 heteroatoms. The van der Waals surface area contributed by atoms with E-state index in [2.05, 4.69) is 49.8 Å². The fraction of sp³-hybridized carbons (Fsp3) is 1.00. The van der Waals surface area contributed by atoms with E-state index in [4.69, 9.17) is 14.9 Å².